The summed E-state index contributed by atoms with van der Waals surface area (Å²) in [6.07, 6.45) is 1.43. The van der Waals surface area contributed by atoms with Crippen molar-refractivity contribution in [2.45, 2.75) is 12.3 Å². The van der Waals surface area contributed by atoms with Crippen molar-refractivity contribution in [2.24, 2.45) is 0 Å². The minimum absolute atomic E-state index is 0.0902. The fourth-order valence-corrected chi connectivity index (χ4v) is 2.17. The summed E-state index contributed by atoms with van der Waals surface area (Å²) in [5.74, 6) is 0.0902. The van der Waals surface area contributed by atoms with E-state index in [1.54, 1.807) is 0 Å². The normalized spacial score (nSPS) is 12.1. The van der Waals surface area contributed by atoms with Crippen LogP contribution in [0, 0.1) is 0 Å². The van der Waals surface area contributed by atoms with Crippen molar-refractivity contribution in [3.63, 3.8) is 0 Å². The van der Waals surface area contributed by atoms with Crippen LogP contribution in [0.3, 0.4) is 0 Å². The lowest BCUT2D eigenvalue weighted by Crippen LogP contribution is -2.01. The number of benzene rings is 2. The van der Waals surface area contributed by atoms with E-state index in [0.29, 0.717) is 11.4 Å². The molecule has 0 aromatic heterocycles. The first-order valence-corrected chi connectivity index (χ1v) is 5.93. The van der Waals surface area contributed by atoms with Gasteiger partial charge in [0, 0.05) is 17.4 Å². The molecule has 2 aromatic rings. The molecule has 0 heterocycles. The van der Waals surface area contributed by atoms with Gasteiger partial charge in [-0.05, 0) is 23.3 Å². The molecule has 1 unspecified atom stereocenters. The van der Waals surface area contributed by atoms with Gasteiger partial charge in [-0.25, -0.2) is 0 Å². The topological polar surface area (TPSA) is 17.1 Å². The van der Waals surface area contributed by atoms with Gasteiger partial charge in [0.25, 0.3) is 0 Å². The van der Waals surface area contributed by atoms with Crippen LogP contribution in [0.25, 0.3) is 0 Å². The zero-order valence-electron chi connectivity index (χ0n) is 9.34. The Balaban J connectivity index is 2.39. The van der Waals surface area contributed by atoms with Crippen molar-refractivity contribution in [1.29, 1.82) is 0 Å². The Morgan fingerprint density at radius 3 is 2.35 bits per heavy atom. The predicted molar refractivity (Wildman–Crippen MR) is 70.4 cm³/mol. The number of carbonyl (C=O) groups excluding carboxylic acids is 1. The molecule has 0 aliphatic carbocycles. The number of carbonyl (C=O) groups is 1. The Morgan fingerprint density at radius 1 is 1.00 bits per heavy atom. The van der Waals surface area contributed by atoms with E-state index in [2.05, 4.69) is 0 Å². The number of hydrogen-bond acceptors (Lipinski definition) is 1. The first-order chi connectivity index (χ1) is 8.31. The molecule has 0 aliphatic rings. The second kappa shape index (κ2) is 5.65. The third-order valence-corrected chi connectivity index (χ3v) is 3.02. The third kappa shape index (κ3) is 2.95. The molecule has 0 bridgehead atoms. The molecular weight excluding hydrogens is 232 g/mol. The first-order valence-electron chi connectivity index (χ1n) is 5.55. The van der Waals surface area contributed by atoms with Crippen LogP contribution >= 0.6 is 11.6 Å². The molecule has 0 aliphatic heterocycles. The lowest BCUT2D eigenvalue weighted by Gasteiger charge is -2.15. The molecule has 0 amide bonds. The van der Waals surface area contributed by atoms with E-state index in [-0.39, 0.29) is 5.92 Å². The highest BCUT2D eigenvalue weighted by Crippen LogP contribution is 2.28. The molecule has 0 saturated carbocycles. The molecule has 1 atom stereocenters. The van der Waals surface area contributed by atoms with E-state index in [1.165, 1.54) is 0 Å². The highest BCUT2D eigenvalue weighted by atomic mass is 35.5. The van der Waals surface area contributed by atoms with Crippen LogP contribution in [0.1, 0.15) is 23.5 Å². The van der Waals surface area contributed by atoms with Crippen molar-refractivity contribution in [3.05, 3.63) is 70.7 Å². The average molecular weight is 245 g/mol. The monoisotopic (exact) mass is 244 g/mol. The van der Waals surface area contributed by atoms with Crippen LogP contribution in [0.2, 0.25) is 5.02 Å². The van der Waals surface area contributed by atoms with Crippen LogP contribution in [0.4, 0.5) is 0 Å². The maximum atomic E-state index is 10.8. The highest BCUT2D eigenvalue weighted by molar-refractivity contribution is 6.30. The summed E-state index contributed by atoms with van der Waals surface area (Å²) in [6, 6.07) is 17.7. The molecule has 0 N–H and O–H groups in total. The minimum atomic E-state index is 0.0902. The van der Waals surface area contributed by atoms with Gasteiger partial charge in [-0.2, -0.15) is 0 Å². The van der Waals surface area contributed by atoms with Gasteiger partial charge in [0.05, 0.1) is 0 Å². The summed E-state index contributed by atoms with van der Waals surface area (Å²) in [6.45, 7) is 0. The second-order valence-electron chi connectivity index (χ2n) is 3.92. The standard InChI is InChI=1S/C15H13ClO/c16-14-8-4-7-13(11-14)15(9-10-17)12-5-2-1-3-6-12/h1-8,10-11,15H,9H2. The van der Waals surface area contributed by atoms with Gasteiger partial charge in [0.2, 0.25) is 0 Å². The third-order valence-electron chi connectivity index (χ3n) is 2.78. The van der Waals surface area contributed by atoms with E-state index in [4.69, 9.17) is 11.6 Å². The van der Waals surface area contributed by atoms with Crippen LogP contribution in [0.5, 0.6) is 0 Å². The predicted octanol–water partition coefficient (Wildman–Crippen LogP) is 4.06. The summed E-state index contributed by atoms with van der Waals surface area (Å²) < 4.78 is 0. The molecule has 0 radical (unpaired) electrons. The van der Waals surface area contributed by atoms with Gasteiger partial charge in [0.15, 0.2) is 0 Å². The molecular formula is C15H13ClO. The molecule has 0 fully saturated rings. The van der Waals surface area contributed by atoms with Crippen LogP contribution in [-0.4, -0.2) is 6.29 Å². The van der Waals surface area contributed by atoms with E-state index < -0.39 is 0 Å². The number of halogens is 1. The molecule has 17 heavy (non-hydrogen) atoms. The summed E-state index contributed by atoms with van der Waals surface area (Å²) in [5, 5.41) is 0.703. The van der Waals surface area contributed by atoms with Gasteiger partial charge in [0.1, 0.15) is 6.29 Å². The van der Waals surface area contributed by atoms with Crippen LogP contribution in [-0.2, 0) is 4.79 Å². The van der Waals surface area contributed by atoms with Gasteiger partial charge < -0.3 is 4.79 Å². The second-order valence-corrected chi connectivity index (χ2v) is 4.36. The minimum Gasteiger partial charge on any atom is -0.303 e. The van der Waals surface area contributed by atoms with E-state index in [1.807, 2.05) is 54.6 Å². The Labute approximate surface area is 106 Å². The van der Waals surface area contributed by atoms with Gasteiger partial charge in [-0.1, -0.05) is 54.1 Å². The summed E-state index contributed by atoms with van der Waals surface area (Å²) in [7, 11) is 0. The fraction of sp³-hybridized carbons (Fsp3) is 0.133. The zero-order chi connectivity index (χ0) is 12.1. The lowest BCUT2D eigenvalue weighted by molar-refractivity contribution is -0.108. The average Bonchev–Trinajstić information content (AvgIpc) is 2.37. The summed E-state index contributed by atoms with van der Waals surface area (Å²) >= 11 is 5.99. The van der Waals surface area contributed by atoms with Gasteiger partial charge >= 0.3 is 0 Å². The Hall–Kier alpha value is -1.60. The van der Waals surface area contributed by atoms with E-state index >= 15 is 0 Å². The highest BCUT2D eigenvalue weighted by Gasteiger charge is 2.13. The maximum Gasteiger partial charge on any atom is 0.120 e. The van der Waals surface area contributed by atoms with Crippen molar-refractivity contribution >= 4 is 17.9 Å². The van der Waals surface area contributed by atoms with Crippen LogP contribution in [0.15, 0.2) is 54.6 Å². The Kier molecular flexibility index (Phi) is 3.94. The fourth-order valence-electron chi connectivity index (χ4n) is 1.97. The van der Waals surface area contributed by atoms with E-state index in [0.717, 1.165) is 17.4 Å². The molecule has 1 nitrogen and oxygen atoms in total. The SMILES string of the molecule is O=CCC(c1ccccc1)c1cccc(Cl)c1. The molecule has 2 heteroatoms. The quantitative estimate of drug-likeness (QED) is 0.742. The molecule has 2 rings (SSSR count). The largest absolute Gasteiger partial charge is 0.303 e. The smallest absolute Gasteiger partial charge is 0.120 e. The molecule has 86 valence electrons. The number of aldehydes is 1. The lowest BCUT2D eigenvalue weighted by atomic mass is 9.89. The molecule has 0 spiro atoms. The number of rotatable bonds is 4. The maximum absolute atomic E-state index is 10.8. The van der Waals surface area contributed by atoms with Crippen molar-refractivity contribution < 1.29 is 4.79 Å². The van der Waals surface area contributed by atoms with Gasteiger partial charge in [-0.15, -0.1) is 0 Å². The van der Waals surface area contributed by atoms with Gasteiger partial charge in [-0.3, -0.25) is 0 Å². The molecule has 2 aromatic carbocycles. The Bertz CT molecular complexity index is 493. The van der Waals surface area contributed by atoms with Crippen molar-refractivity contribution in [1.82, 2.24) is 0 Å². The summed E-state index contributed by atoms with van der Waals surface area (Å²) in [5.41, 5.74) is 2.22. The van der Waals surface area contributed by atoms with Crippen LogP contribution < -0.4 is 0 Å². The van der Waals surface area contributed by atoms with E-state index in [9.17, 15) is 4.79 Å². The zero-order valence-corrected chi connectivity index (χ0v) is 10.1. The summed E-state index contributed by atoms with van der Waals surface area (Å²) in [4.78, 5) is 10.8. The first kappa shape index (κ1) is 11.9. The van der Waals surface area contributed by atoms with Crippen molar-refractivity contribution in [2.75, 3.05) is 0 Å². The Morgan fingerprint density at radius 2 is 1.71 bits per heavy atom. The number of hydrogen-bond donors (Lipinski definition) is 0. The molecule has 0 saturated heterocycles. The van der Waals surface area contributed by atoms with Crippen molar-refractivity contribution in [3.8, 4) is 0 Å².